The second kappa shape index (κ2) is 6.30. The Bertz CT molecular complexity index is 325. The summed E-state index contributed by atoms with van der Waals surface area (Å²) in [4.78, 5) is 0. The molecule has 2 heteroatoms. The van der Waals surface area contributed by atoms with Gasteiger partial charge in [0, 0.05) is 16.8 Å². The second-order valence-corrected chi connectivity index (χ2v) is 5.59. The van der Waals surface area contributed by atoms with Crippen molar-refractivity contribution in [1.29, 1.82) is 0 Å². The number of benzene rings is 1. The van der Waals surface area contributed by atoms with Crippen LogP contribution in [0.5, 0.6) is 0 Å². The first-order chi connectivity index (χ1) is 8.28. The Morgan fingerprint density at radius 3 is 2.35 bits per heavy atom. The first kappa shape index (κ1) is 12.8. The second-order valence-electron chi connectivity index (χ2n) is 5.16. The highest BCUT2D eigenvalue weighted by Gasteiger charge is 2.20. The van der Waals surface area contributed by atoms with Crippen LogP contribution in [0.2, 0.25) is 5.02 Å². The molecule has 1 fully saturated rings. The molecule has 17 heavy (non-hydrogen) atoms. The van der Waals surface area contributed by atoms with Crippen molar-refractivity contribution in [2.75, 3.05) is 5.32 Å². The van der Waals surface area contributed by atoms with Crippen LogP contribution in [0.25, 0.3) is 0 Å². The molecule has 0 atom stereocenters. The monoisotopic (exact) mass is 251 g/mol. The van der Waals surface area contributed by atoms with E-state index < -0.39 is 0 Å². The lowest BCUT2D eigenvalue weighted by Gasteiger charge is -2.29. The van der Waals surface area contributed by atoms with Crippen LogP contribution >= 0.6 is 11.6 Å². The Morgan fingerprint density at radius 2 is 1.76 bits per heavy atom. The molecular weight excluding hydrogens is 230 g/mol. The largest absolute Gasteiger partial charge is 0.382 e. The van der Waals surface area contributed by atoms with Gasteiger partial charge in [-0.25, -0.2) is 0 Å². The fraction of sp³-hybridized carbons (Fsp3) is 0.600. The Labute approximate surface area is 110 Å². The van der Waals surface area contributed by atoms with Gasteiger partial charge in [-0.3, -0.25) is 0 Å². The lowest BCUT2D eigenvalue weighted by Crippen LogP contribution is -2.25. The topological polar surface area (TPSA) is 12.0 Å². The number of rotatable bonds is 4. The Morgan fingerprint density at radius 1 is 1.12 bits per heavy atom. The highest BCUT2D eigenvalue weighted by Crippen LogP contribution is 2.29. The van der Waals surface area contributed by atoms with Gasteiger partial charge in [0.2, 0.25) is 0 Å². The van der Waals surface area contributed by atoms with Crippen molar-refractivity contribution in [3.05, 3.63) is 29.3 Å². The summed E-state index contributed by atoms with van der Waals surface area (Å²) in [5.41, 5.74) is 1.20. The summed E-state index contributed by atoms with van der Waals surface area (Å²) in [7, 11) is 0. The van der Waals surface area contributed by atoms with Crippen molar-refractivity contribution in [1.82, 2.24) is 0 Å². The summed E-state index contributed by atoms with van der Waals surface area (Å²) >= 11 is 5.88. The van der Waals surface area contributed by atoms with Crippen molar-refractivity contribution in [2.45, 2.75) is 51.5 Å². The molecule has 0 aromatic heterocycles. The van der Waals surface area contributed by atoms with Gasteiger partial charge in [0.25, 0.3) is 0 Å². The molecule has 0 aliphatic heterocycles. The van der Waals surface area contributed by atoms with Gasteiger partial charge in [-0.2, -0.15) is 0 Å². The molecule has 1 aliphatic rings. The van der Waals surface area contributed by atoms with E-state index in [4.69, 9.17) is 11.6 Å². The number of nitrogens with one attached hydrogen (secondary N) is 1. The Hall–Kier alpha value is -0.690. The van der Waals surface area contributed by atoms with Gasteiger partial charge < -0.3 is 5.32 Å². The average molecular weight is 252 g/mol. The van der Waals surface area contributed by atoms with Gasteiger partial charge in [-0.05, 0) is 55.9 Å². The molecule has 1 aromatic rings. The average Bonchev–Trinajstić information content (AvgIpc) is 2.35. The predicted octanol–water partition coefficient (Wildman–Crippen LogP) is 5.11. The fourth-order valence-electron chi connectivity index (χ4n) is 2.79. The highest BCUT2D eigenvalue weighted by molar-refractivity contribution is 6.30. The normalized spacial score (nSPS) is 24.6. The smallest absolute Gasteiger partial charge is 0.0407 e. The van der Waals surface area contributed by atoms with E-state index in [-0.39, 0.29) is 0 Å². The summed E-state index contributed by atoms with van der Waals surface area (Å²) in [6.07, 6.45) is 8.15. The zero-order valence-electron chi connectivity index (χ0n) is 10.6. The number of hydrogen-bond donors (Lipinski definition) is 1. The third-order valence-corrected chi connectivity index (χ3v) is 4.01. The lowest BCUT2D eigenvalue weighted by molar-refractivity contribution is 0.319. The molecule has 0 spiro atoms. The van der Waals surface area contributed by atoms with E-state index in [1.165, 1.54) is 44.2 Å². The molecule has 2 rings (SSSR count). The molecule has 0 amide bonds. The van der Waals surface area contributed by atoms with Crippen molar-refractivity contribution in [3.8, 4) is 0 Å². The van der Waals surface area contributed by atoms with E-state index in [1.54, 1.807) is 0 Å². The molecule has 0 bridgehead atoms. The number of halogens is 1. The van der Waals surface area contributed by atoms with Crippen LogP contribution < -0.4 is 5.32 Å². The minimum Gasteiger partial charge on any atom is -0.382 e. The van der Waals surface area contributed by atoms with Gasteiger partial charge >= 0.3 is 0 Å². The van der Waals surface area contributed by atoms with E-state index in [9.17, 15) is 0 Å². The summed E-state index contributed by atoms with van der Waals surface area (Å²) in [5.74, 6) is 0.975. The molecule has 1 aliphatic carbocycles. The van der Waals surface area contributed by atoms with Crippen LogP contribution in [-0.2, 0) is 0 Å². The molecule has 1 N–H and O–H groups in total. The van der Waals surface area contributed by atoms with Crippen LogP contribution in [-0.4, -0.2) is 6.04 Å². The predicted molar refractivity (Wildman–Crippen MR) is 75.7 cm³/mol. The first-order valence-electron chi connectivity index (χ1n) is 6.80. The van der Waals surface area contributed by atoms with Crippen LogP contribution in [0.1, 0.15) is 45.4 Å². The van der Waals surface area contributed by atoms with Crippen molar-refractivity contribution < 1.29 is 0 Å². The van der Waals surface area contributed by atoms with Crippen LogP contribution in [0.15, 0.2) is 24.3 Å². The lowest BCUT2D eigenvalue weighted by atomic mass is 9.83. The van der Waals surface area contributed by atoms with Gasteiger partial charge in [-0.1, -0.05) is 31.4 Å². The molecule has 1 saturated carbocycles. The van der Waals surface area contributed by atoms with E-state index in [1.807, 2.05) is 12.1 Å². The summed E-state index contributed by atoms with van der Waals surface area (Å²) in [6, 6.07) is 8.70. The summed E-state index contributed by atoms with van der Waals surface area (Å²) < 4.78 is 0. The molecular formula is C15H22ClN. The standard InChI is InChI=1S/C15H22ClN/c1-2-3-12-4-8-14(9-5-12)17-15-10-6-13(16)7-11-15/h6-7,10-12,14,17H,2-5,8-9H2,1H3. The molecule has 0 unspecified atom stereocenters. The number of anilines is 1. The third kappa shape index (κ3) is 3.92. The summed E-state index contributed by atoms with van der Waals surface area (Å²) in [5, 5.41) is 4.42. The Balaban J connectivity index is 1.79. The van der Waals surface area contributed by atoms with E-state index in [2.05, 4.69) is 24.4 Å². The van der Waals surface area contributed by atoms with Crippen LogP contribution in [0.4, 0.5) is 5.69 Å². The van der Waals surface area contributed by atoms with E-state index in [0.29, 0.717) is 6.04 Å². The molecule has 1 nitrogen and oxygen atoms in total. The molecule has 0 radical (unpaired) electrons. The Kier molecular flexibility index (Phi) is 4.73. The van der Waals surface area contributed by atoms with Crippen molar-refractivity contribution in [2.24, 2.45) is 5.92 Å². The molecule has 0 saturated heterocycles. The maximum Gasteiger partial charge on any atom is 0.0407 e. The highest BCUT2D eigenvalue weighted by atomic mass is 35.5. The van der Waals surface area contributed by atoms with E-state index in [0.717, 1.165) is 10.9 Å². The van der Waals surface area contributed by atoms with Gasteiger partial charge in [0.05, 0.1) is 0 Å². The fourth-order valence-corrected chi connectivity index (χ4v) is 2.91. The van der Waals surface area contributed by atoms with Gasteiger partial charge in [-0.15, -0.1) is 0 Å². The summed E-state index contributed by atoms with van der Waals surface area (Å²) in [6.45, 7) is 2.29. The van der Waals surface area contributed by atoms with Crippen LogP contribution in [0, 0.1) is 5.92 Å². The SMILES string of the molecule is CCCC1CCC(Nc2ccc(Cl)cc2)CC1. The van der Waals surface area contributed by atoms with Crippen LogP contribution in [0.3, 0.4) is 0 Å². The number of hydrogen-bond acceptors (Lipinski definition) is 1. The molecule has 94 valence electrons. The van der Waals surface area contributed by atoms with Gasteiger partial charge in [0.1, 0.15) is 0 Å². The molecule has 1 aromatic carbocycles. The third-order valence-electron chi connectivity index (χ3n) is 3.76. The van der Waals surface area contributed by atoms with Crippen molar-refractivity contribution >= 4 is 17.3 Å². The first-order valence-corrected chi connectivity index (χ1v) is 7.18. The minimum atomic E-state index is 0.657. The van der Waals surface area contributed by atoms with Gasteiger partial charge in [0.15, 0.2) is 0 Å². The zero-order valence-corrected chi connectivity index (χ0v) is 11.3. The van der Waals surface area contributed by atoms with Crippen molar-refractivity contribution in [3.63, 3.8) is 0 Å². The maximum absolute atomic E-state index is 5.88. The zero-order chi connectivity index (χ0) is 12.1. The quantitative estimate of drug-likeness (QED) is 0.784. The van der Waals surface area contributed by atoms with E-state index >= 15 is 0 Å². The minimum absolute atomic E-state index is 0.657. The molecule has 0 heterocycles. The maximum atomic E-state index is 5.88.